The van der Waals surface area contributed by atoms with Crippen molar-refractivity contribution < 1.29 is 17.6 Å². The molecule has 0 spiro atoms. The standard InChI is InChI=1S/C20H22ClFN2O3S/c1-13-11-14(16-9-5-6-10-18(16)21)12-17(19(13)22)20(25)23-24-28(26,27)15-7-3-2-4-8-15/h5-6,9-12,15,24H,2-4,7-8H2,1H3,(H,23,25). The van der Waals surface area contributed by atoms with Gasteiger partial charge in [0.25, 0.3) is 5.91 Å². The average Bonchev–Trinajstić information content (AvgIpc) is 2.69. The number of aryl methyl sites for hydroxylation is 1. The zero-order valence-electron chi connectivity index (χ0n) is 15.5. The van der Waals surface area contributed by atoms with Gasteiger partial charge in [-0.05, 0) is 49.1 Å². The van der Waals surface area contributed by atoms with Gasteiger partial charge >= 0.3 is 0 Å². The molecule has 3 rings (SSSR count). The molecule has 0 heterocycles. The minimum atomic E-state index is -3.70. The number of rotatable bonds is 5. The Morgan fingerprint density at radius 2 is 1.82 bits per heavy atom. The summed E-state index contributed by atoms with van der Waals surface area (Å²) in [5, 5.41) is -0.0690. The molecular weight excluding hydrogens is 403 g/mol. The number of hydrogen-bond acceptors (Lipinski definition) is 3. The molecule has 2 N–H and O–H groups in total. The topological polar surface area (TPSA) is 75.3 Å². The first-order valence-electron chi connectivity index (χ1n) is 9.15. The van der Waals surface area contributed by atoms with Crippen LogP contribution in [-0.2, 0) is 10.0 Å². The van der Waals surface area contributed by atoms with Crippen LogP contribution in [0.3, 0.4) is 0 Å². The zero-order valence-corrected chi connectivity index (χ0v) is 17.0. The molecule has 0 radical (unpaired) electrons. The van der Waals surface area contributed by atoms with Gasteiger partial charge in [0.1, 0.15) is 5.82 Å². The average molecular weight is 425 g/mol. The van der Waals surface area contributed by atoms with E-state index >= 15 is 0 Å². The van der Waals surface area contributed by atoms with Crippen LogP contribution >= 0.6 is 11.6 Å². The van der Waals surface area contributed by atoms with Gasteiger partial charge in [0.05, 0.1) is 10.8 Å². The predicted octanol–water partition coefficient (Wildman–Crippen LogP) is 4.35. The van der Waals surface area contributed by atoms with Crippen LogP contribution in [0.4, 0.5) is 4.39 Å². The highest BCUT2D eigenvalue weighted by Crippen LogP contribution is 2.30. The third kappa shape index (κ3) is 4.54. The highest BCUT2D eigenvalue weighted by molar-refractivity contribution is 7.90. The third-order valence-corrected chi connectivity index (χ3v) is 7.05. The van der Waals surface area contributed by atoms with Gasteiger partial charge in [-0.15, -0.1) is 4.83 Å². The van der Waals surface area contributed by atoms with E-state index in [0.29, 0.717) is 29.0 Å². The van der Waals surface area contributed by atoms with E-state index in [1.807, 2.05) is 0 Å². The molecule has 5 nitrogen and oxygen atoms in total. The minimum Gasteiger partial charge on any atom is -0.274 e. The van der Waals surface area contributed by atoms with Crippen molar-refractivity contribution in [3.8, 4) is 11.1 Å². The SMILES string of the molecule is Cc1cc(-c2ccccc2Cl)cc(C(=O)NNS(=O)(=O)C2CCCCC2)c1F. The second-order valence-corrected chi connectivity index (χ2v) is 9.36. The molecule has 1 amide bonds. The predicted molar refractivity (Wildman–Crippen MR) is 108 cm³/mol. The van der Waals surface area contributed by atoms with E-state index in [1.165, 1.54) is 6.07 Å². The first-order valence-corrected chi connectivity index (χ1v) is 11.1. The van der Waals surface area contributed by atoms with Gasteiger partial charge in [-0.1, -0.05) is 49.1 Å². The lowest BCUT2D eigenvalue weighted by Gasteiger charge is -2.22. The first-order chi connectivity index (χ1) is 13.3. The smallest absolute Gasteiger partial charge is 0.269 e. The van der Waals surface area contributed by atoms with Crippen LogP contribution in [0, 0.1) is 12.7 Å². The number of nitrogens with one attached hydrogen (secondary N) is 2. The number of carbonyl (C=O) groups excluding carboxylic acids is 1. The number of amides is 1. The number of halogens is 2. The van der Waals surface area contributed by atoms with Crippen molar-refractivity contribution in [1.29, 1.82) is 0 Å². The van der Waals surface area contributed by atoms with Gasteiger partial charge in [-0.2, -0.15) is 0 Å². The van der Waals surface area contributed by atoms with Crippen LogP contribution in [-0.4, -0.2) is 19.6 Å². The van der Waals surface area contributed by atoms with E-state index in [4.69, 9.17) is 11.6 Å². The number of carbonyl (C=O) groups is 1. The van der Waals surface area contributed by atoms with E-state index in [2.05, 4.69) is 10.3 Å². The molecule has 1 saturated carbocycles. The Bertz CT molecular complexity index is 989. The summed E-state index contributed by atoms with van der Waals surface area (Å²) in [5.41, 5.74) is 3.39. The van der Waals surface area contributed by atoms with E-state index in [0.717, 1.165) is 19.3 Å². The van der Waals surface area contributed by atoms with Crippen molar-refractivity contribution in [2.24, 2.45) is 0 Å². The van der Waals surface area contributed by atoms with Crippen molar-refractivity contribution >= 4 is 27.5 Å². The molecule has 0 aliphatic heterocycles. The van der Waals surface area contributed by atoms with Gasteiger partial charge in [0.15, 0.2) is 0 Å². The van der Waals surface area contributed by atoms with Gasteiger partial charge in [0, 0.05) is 10.6 Å². The number of hydrogen-bond donors (Lipinski definition) is 2. The fraction of sp³-hybridized carbons (Fsp3) is 0.350. The summed E-state index contributed by atoms with van der Waals surface area (Å²) in [6, 6.07) is 10.00. The molecule has 1 fully saturated rings. The van der Waals surface area contributed by atoms with E-state index in [-0.39, 0.29) is 11.1 Å². The molecule has 0 bridgehead atoms. The van der Waals surface area contributed by atoms with Crippen LogP contribution in [0.15, 0.2) is 36.4 Å². The summed E-state index contributed by atoms with van der Waals surface area (Å²) in [6.45, 7) is 1.54. The largest absolute Gasteiger partial charge is 0.274 e. The Balaban J connectivity index is 1.82. The summed E-state index contributed by atoms with van der Waals surface area (Å²) in [4.78, 5) is 14.6. The minimum absolute atomic E-state index is 0.249. The van der Waals surface area contributed by atoms with Crippen LogP contribution in [0.2, 0.25) is 5.02 Å². The maximum Gasteiger partial charge on any atom is 0.269 e. The quantitative estimate of drug-likeness (QED) is 0.700. The summed E-state index contributed by atoms with van der Waals surface area (Å²) in [6.07, 6.45) is 3.81. The molecule has 1 aliphatic rings. The Labute approximate surface area is 169 Å². The Hall–Kier alpha value is -1.96. The van der Waals surface area contributed by atoms with Crippen molar-refractivity contribution in [1.82, 2.24) is 10.3 Å². The lowest BCUT2D eigenvalue weighted by atomic mass is 9.99. The fourth-order valence-corrected chi connectivity index (χ4v) is 5.03. The Kier molecular flexibility index (Phi) is 6.37. The maximum atomic E-state index is 14.6. The van der Waals surface area contributed by atoms with E-state index < -0.39 is 27.0 Å². The fourth-order valence-electron chi connectivity index (χ4n) is 3.43. The number of benzene rings is 2. The number of hydrazine groups is 1. The molecule has 28 heavy (non-hydrogen) atoms. The highest BCUT2D eigenvalue weighted by atomic mass is 35.5. The van der Waals surface area contributed by atoms with Gasteiger partial charge < -0.3 is 0 Å². The summed E-state index contributed by atoms with van der Waals surface area (Å²) in [7, 11) is -3.70. The van der Waals surface area contributed by atoms with Crippen molar-refractivity contribution in [2.45, 2.75) is 44.3 Å². The lowest BCUT2D eigenvalue weighted by molar-refractivity contribution is 0.0940. The third-order valence-electron chi connectivity index (χ3n) is 4.98. The van der Waals surface area contributed by atoms with Crippen LogP contribution in [0.25, 0.3) is 11.1 Å². The van der Waals surface area contributed by atoms with E-state index in [1.54, 1.807) is 37.3 Å². The molecule has 0 aromatic heterocycles. The van der Waals surface area contributed by atoms with Gasteiger partial charge in [-0.25, -0.2) is 12.8 Å². The Morgan fingerprint density at radius 1 is 1.14 bits per heavy atom. The lowest BCUT2D eigenvalue weighted by Crippen LogP contribution is -2.46. The van der Waals surface area contributed by atoms with Crippen molar-refractivity contribution in [2.75, 3.05) is 0 Å². The first kappa shape index (κ1) is 20.8. The summed E-state index contributed by atoms with van der Waals surface area (Å²) < 4.78 is 39.3. The second kappa shape index (κ2) is 8.59. The second-order valence-electron chi connectivity index (χ2n) is 7.00. The molecular formula is C20H22ClFN2O3S. The molecule has 150 valence electrons. The molecule has 0 saturated heterocycles. The van der Waals surface area contributed by atoms with Crippen molar-refractivity contribution in [3.05, 3.63) is 58.4 Å². The van der Waals surface area contributed by atoms with E-state index in [9.17, 15) is 17.6 Å². The number of sulfonamides is 1. The molecule has 2 aromatic carbocycles. The highest BCUT2D eigenvalue weighted by Gasteiger charge is 2.28. The molecule has 0 atom stereocenters. The summed E-state index contributed by atoms with van der Waals surface area (Å²) in [5.74, 6) is -1.56. The summed E-state index contributed by atoms with van der Waals surface area (Å²) >= 11 is 6.20. The molecule has 2 aromatic rings. The molecule has 1 aliphatic carbocycles. The maximum absolute atomic E-state index is 14.6. The zero-order chi connectivity index (χ0) is 20.3. The monoisotopic (exact) mass is 424 g/mol. The van der Waals surface area contributed by atoms with Crippen molar-refractivity contribution in [3.63, 3.8) is 0 Å². The van der Waals surface area contributed by atoms with Crippen LogP contribution in [0.5, 0.6) is 0 Å². The van der Waals surface area contributed by atoms with Gasteiger partial charge in [0.2, 0.25) is 10.0 Å². The van der Waals surface area contributed by atoms with Crippen LogP contribution in [0.1, 0.15) is 48.0 Å². The van der Waals surface area contributed by atoms with Crippen LogP contribution < -0.4 is 10.3 Å². The molecule has 0 unspecified atom stereocenters. The molecule has 8 heteroatoms. The normalized spacial score (nSPS) is 15.4. The Morgan fingerprint density at radius 3 is 2.50 bits per heavy atom. The van der Waals surface area contributed by atoms with Gasteiger partial charge in [-0.3, -0.25) is 10.2 Å².